The molecule has 0 unspecified atom stereocenters. The zero-order chi connectivity index (χ0) is 22.0. The van der Waals surface area contributed by atoms with Gasteiger partial charge in [-0.15, -0.1) is 12.4 Å². The zero-order valence-electron chi connectivity index (χ0n) is 18.4. The Bertz CT molecular complexity index is 1040. The number of hydrogen-bond acceptors (Lipinski definition) is 5. The molecule has 32 heavy (non-hydrogen) atoms. The van der Waals surface area contributed by atoms with Crippen LogP contribution in [0.2, 0.25) is 5.02 Å². The van der Waals surface area contributed by atoms with Crippen LogP contribution in [0.3, 0.4) is 0 Å². The standard InChI is InChI=1S/C23H29ClN2O4S.ClH/c1-29-21-13-18-9-10-25(16-19(18)14-22(21)30-2)15-17-7-11-26(12-8-17)31(27,28)23-6-4-3-5-20(23)24;/h3-6,13-14,17H,7-12,15-16H2,1-2H3;1H. The summed E-state index contributed by atoms with van der Waals surface area (Å²) in [5, 5.41) is 0.281. The van der Waals surface area contributed by atoms with Crippen LogP contribution in [0.25, 0.3) is 0 Å². The van der Waals surface area contributed by atoms with Gasteiger partial charge in [0.15, 0.2) is 11.5 Å². The number of nitrogens with zero attached hydrogens (tertiary/aromatic N) is 2. The van der Waals surface area contributed by atoms with Crippen molar-refractivity contribution >= 4 is 34.0 Å². The first-order valence-corrected chi connectivity index (χ1v) is 12.4. The van der Waals surface area contributed by atoms with E-state index in [0.29, 0.717) is 19.0 Å². The van der Waals surface area contributed by atoms with Crippen molar-refractivity contribution in [3.05, 3.63) is 52.5 Å². The lowest BCUT2D eigenvalue weighted by Gasteiger charge is -2.36. The summed E-state index contributed by atoms with van der Waals surface area (Å²) in [7, 11) is -0.215. The van der Waals surface area contributed by atoms with Crippen LogP contribution >= 0.6 is 24.0 Å². The van der Waals surface area contributed by atoms with Crippen molar-refractivity contribution in [3.8, 4) is 11.5 Å². The van der Waals surface area contributed by atoms with Crippen LogP contribution in [0.1, 0.15) is 24.0 Å². The Morgan fingerprint density at radius 1 is 1.00 bits per heavy atom. The van der Waals surface area contributed by atoms with E-state index in [9.17, 15) is 8.42 Å². The van der Waals surface area contributed by atoms with E-state index >= 15 is 0 Å². The van der Waals surface area contributed by atoms with Crippen molar-refractivity contribution in [2.75, 3.05) is 40.4 Å². The van der Waals surface area contributed by atoms with E-state index in [1.54, 1.807) is 42.8 Å². The van der Waals surface area contributed by atoms with Crippen LogP contribution in [-0.4, -0.2) is 58.0 Å². The fraction of sp³-hybridized carbons (Fsp3) is 0.478. The van der Waals surface area contributed by atoms with Crippen molar-refractivity contribution in [1.82, 2.24) is 9.21 Å². The maximum absolute atomic E-state index is 13.0. The molecular formula is C23H30Cl2N2O4S. The summed E-state index contributed by atoms with van der Waals surface area (Å²) in [6.07, 6.45) is 2.70. The topological polar surface area (TPSA) is 59.1 Å². The first-order chi connectivity index (χ1) is 14.9. The third-order valence-corrected chi connectivity index (χ3v) is 8.74. The maximum Gasteiger partial charge on any atom is 0.244 e. The molecule has 0 atom stereocenters. The number of benzene rings is 2. The van der Waals surface area contributed by atoms with Crippen molar-refractivity contribution in [3.63, 3.8) is 0 Å². The fourth-order valence-electron chi connectivity index (χ4n) is 4.59. The van der Waals surface area contributed by atoms with Gasteiger partial charge in [-0.3, -0.25) is 4.90 Å². The molecule has 2 aliphatic rings. The Morgan fingerprint density at radius 2 is 1.62 bits per heavy atom. The van der Waals surface area contributed by atoms with Crippen molar-refractivity contribution in [2.24, 2.45) is 5.92 Å². The second-order valence-electron chi connectivity index (χ2n) is 8.24. The van der Waals surface area contributed by atoms with Gasteiger partial charge in [-0.25, -0.2) is 8.42 Å². The molecule has 2 aromatic rings. The van der Waals surface area contributed by atoms with Gasteiger partial charge in [-0.05, 0) is 60.6 Å². The number of hydrogen-bond donors (Lipinski definition) is 0. The molecule has 176 valence electrons. The molecule has 0 aliphatic carbocycles. The van der Waals surface area contributed by atoms with Crippen molar-refractivity contribution in [1.29, 1.82) is 0 Å². The third kappa shape index (κ3) is 5.18. The molecule has 2 heterocycles. The predicted molar refractivity (Wildman–Crippen MR) is 129 cm³/mol. The minimum absolute atomic E-state index is 0. The highest BCUT2D eigenvalue weighted by molar-refractivity contribution is 7.89. The molecule has 6 nitrogen and oxygen atoms in total. The molecule has 0 N–H and O–H groups in total. The lowest BCUT2D eigenvalue weighted by molar-refractivity contribution is 0.171. The first-order valence-electron chi connectivity index (χ1n) is 10.6. The first kappa shape index (κ1) is 25.1. The molecule has 2 aliphatic heterocycles. The van der Waals surface area contributed by atoms with Crippen LogP contribution in [0.4, 0.5) is 0 Å². The van der Waals surface area contributed by atoms with Gasteiger partial charge in [0.05, 0.1) is 19.2 Å². The van der Waals surface area contributed by atoms with E-state index in [0.717, 1.165) is 50.4 Å². The number of rotatable bonds is 6. The third-order valence-electron chi connectivity index (χ3n) is 6.34. The van der Waals surface area contributed by atoms with Crippen molar-refractivity contribution in [2.45, 2.75) is 30.7 Å². The number of piperidine rings is 1. The maximum atomic E-state index is 13.0. The van der Waals surface area contributed by atoms with Gasteiger partial charge in [0.1, 0.15) is 4.90 Å². The molecule has 0 bridgehead atoms. The van der Waals surface area contributed by atoms with E-state index in [-0.39, 0.29) is 22.3 Å². The molecule has 0 spiro atoms. The molecule has 1 saturated heterocycles. The second kappa shape index (κ2) is 10.6. The van der Waals surface area contributed by atoms with E-state index in [2.05, 4.69) is 17.0 Å². The van der Waals surface area contributed by atoms with Gasteiger partial charge in [0.2, 0.25) is 10.0 Å². The lowest BCUT2D eigenvalue weighted by Crippen LogP contribution is -2.42. The Balaban J connectivity index is 0.00000289. The Morgan fingerprint density at radius 3 is 2.25 bits per heavy atom. The quantitative estimate of drug-likeness (QED) is 0.593. The monoisotopic (exact) mass is 500 g/mol. The number of fused-ring (bicyclic) bond motifs is 1. The molecule has 2 aromatic carbocycles. The minimum Gasteiger partial charge on any atom is -0.493 e. The van der Waals surface area contributed by atoms with Crippen molar-refractivity contribution < 1.29 is 17.9 Å². The Hall–Kier alpha value is -1.51. The molecule has 1 fully saturated rings. The minimum atomic E-state index is -3.54. The van der Waals surface area contributed by atoms with Crippen LogP contribution < -0.4 is 9.47 Å². The number of ether oxygens (including phenoxy) is 2. The lowest BCUT2D eigenvalue weighted by atomic mass is 9.94. The molecule has 0 radical (unpaired) electrons. The highest BCUT2D eigenvalue weighted by atomic mass is 35.5. The van der Waals surface area contributed by atoms with E-state index in [1.165, 1.54) is 11.1 Å². The Labute approximate surface area is 201 Å². The van der Waals surface area contributed by atoms with Gasteiger partial charge in [-0.1, -0.05) is 23.7 Å². The average molecular weight is 501 g/mol. The van der Waals surface area contributed by atoms with Crippen LogP contribution in [-0.2, 0) is 23.0 Å². The van der Waals surface area contributed by atoms with Crippen LogP contribution in [0.15, 0.2) is 41.3 Å². The molecule has 0 saturated carbocycles. The SMILES string of the molecule is COc1cc2c(cc1OC)CN(CC1CCN(S(=O)(=O)c3ccccc3Cl)CC1)CC2.Cl. The van der Waals surface area contributed by atoms with E-state index in [1.807, 2.05) is 0 Å². The molecule has 0 amide bonds. The summed E-state index contributed by atoms with van der Waals surface area (Å²) in [5.74, 6) is 2.03. The molecular weight excluding hydrogens is 471 g/mol. The number of sulfonamides is 1. The predicted octanol–water partition coefficient (Wildman–Crippen LogP) is 4.24. The molecule has 9 heteroatoms. The highest BCUT2D eigenvalue weighted by Gasteiger charge is 2.31. The van der Waals surface area contributed by atoms with E-state index in [4.69, 9.17) is 21.1 Å². The zero-order valence-corrected chi connectivity index (χ0v) is 20.8. The van der Waals surface area contributed by atoms with Gasteiger partial charge in [0, 0.05) is 32.7 Å². The fourth-order valence-corrected chi connectivity index (χ4v) is 6.55. The largest absolute Gasteiger partial charge is 0.493 e. The van der Waals surface area contributed by atoms with Gasteiger partial charge < -0.3 is 9.47 Å². The van der Waals surface area contributed by atoms with Gasteiger partial charge in [0.25, 0.3) is 0 Å². The number of methoxy groups -OCH3 is 2. The molecule has 0 aromatic heterocycles. The summed E-state index contributed by atoms with van der Waals surface area (Å²) in [6, 6.07) is 10.8. The summed E-state index contributed by atoms with van der Waals surface area (Å²) in [6.45, 7) is 3.93. The van der Waals surface area contributed by atoms with E-state index < -0.39 is 10.0 Å². The van der Waals surface area contributed by atoms with Gasteiger partial charge >= 0.3 is 0 Å². The normalized spacial score (nSPS) is 18.0. The van der Waals surface area contributed by atoms with Crippen LogP contribution in [0, 0.1) is 5.92 Å². The summed E-state index contributed by atoms with van der Waals surface area (Å²) in [4.78, 5) is 2.67. The Kier molecular flexibility index (Phi) is 8.33. The summed E-state index contributed by atoms with van der Waals surface area (Å²) >= 11 is 6.14. The van der Waals surface area contributed by atoms with Crippen LogP contribution in [0.5, 0.6) is 11.5 Å². The summed E-state index contributed by atoms with van der Waals surface area (Å²) in [5.41, 5.74) is 2.59. The molecule has 4 rings (SSSR count). The highest BCUT2D eigenvalue weighted by Crippen LogP contribution is 2.34. The summed E-state index contributed by atoms with van der Waals surface area (Å²) < 4.78 is 38.4. The average Bonchev–Trinajstić information content (AvgIpc) is 2.78. The number of halogens is 2. The smallest absolute Gasteiger partial charge is 0.244 e. The second-order valence-corrected chi connectivity index (χ2v) is 10.6. The van der Waals surface area contributed by atoms with Gasteiger partial charge in [-0.2, -0.15) is 4.31 Å².